The number of rotatable bonds is 4. The Bertz CT molecular complexity index is 772. The van der Waals surface area contributed by atoms with Crippen LogP contribution in [0.2, 0.25) is 0 Å². The minimum atomic E-state index is -0.914. The van der Waals surface area contributed by atoms with Gasteiger partial charge in [-0.3, -0.25) is 0 Å². The molecule has 0 saturated heterocycles. The van der Waals surface area contributed by atoms with Crippen molar-refractivity contribution in [3.8, 4) is 0 Å². The lowest BCUT2D eigenvalue weighted by molar-refractivity contribution is 0.505. The molecule has 2 nitrogen and oxygen atoms in total. The molecule has 3 N–H and O–H groups in total. The Balaban J connectivity index is 1.84. The maximum Gasteiger partial charge on any atom is 0.123 e. The highest BCUT2D eigenvalue weighted by Crippen LogP contribution is 2.34. The molecule has 2 aromatic rings. The molecule has 0 spiro atoms. The van der Waals surface area contributed by atoms with Crippen LogP contribution in [0.25, 0.3) is 0 Å². The van der Waals surface area contributed by atoms with Crippen molar-refractivity contribution in [1.29, 1.82) is 0 Å². The van der Waals surface area contributed by atoms with Crippen molar-refractivity contribution in [2.75, 3.05) is 5.32 Å². The van der Waals surface area contributed by atoms with E-state index in [2.05, 4.69) is 21.2 Å². The molecule has 3 rings (SSSR count). The molecule has 5 heteroatoms. The van der Waals surface area contributed by atoms with E-state index in [9.17, 15) is 8.78 Å². The highest BCUT2D eigenvalue weighted by Gasteiger charge is 2.37. The lowest BCUT2D eigenvalue weighted by Gasteiger charge is -2.36. The van der Waals surface area contributed by atoms with E-state index in [1.54, 1.807) is 12.1 Å². The first-order valence-electron chi connectivity index (χ1n) is 7.56. The normalized spacial score (nSPS) is 23.4. The lowest BCUT2D eigenvalue weighted by Crippen LogP contribution is -2.51. The number of anilines is 1. The van der Waals surface area contributed by atoms with Crippen LogP contribution in [0.3, 0.4) is 0 Å². The summed E-state index contributed by atoms with van der Waals surface area (Å²) >= 11 is 3.59. The van der Waals surface area contributed by atoms with Crippen LogP contribution in [0.15, 0.2) is 78.3 Å². The van der Waals surface area contributed by atoms with Crippen LogP contribution in [0.5, 0.6) is 0 Å². The number of halogens is 3. The van der Waals surface area contributed by atoms with E-state index in [0.717, 1.165) is 5.56 Å². The molecule has 2 aromatic carbocycles. The number of hydrogen-bond acceptors (Lipinski definition) is 2. The van der Waals surface area contributed by atoms with Gasteiger partial charge in [0.15, 0.2) is 0 Å². The second-order valence-electron chi connectivity index (χ2n) is 5.90. The first-order valence-corrected chi connectivity index (χ1v) is 8.47. The van der Waals surface area contributed by atoms with E-state index >= 15 is 0 Å². The minimum absolute atomic E-state index is 0.310. The maximum absolute atomic E-state index is 14.2. The van der Waals surface area contributed by atoms with Crippen LogP contribution < -0.4 is 11.1 Å². The SMILES string of the molecule is NC1(Cc2ccccc2)C=C(F)C=C(Nc2ccc(F)cc2)C1Br. The Kier molecular flexibility index (Phi) is 4.83. The third-order valence-corrected chi connectivity index (χ3v) is 5.28. The second kappa shape index (κ2) is 6.87. The molecule has 124 valence electrons. The van der Waals surface area contributed by atoms with Gasteiger partial charge in [0.05, 0.1) is 10.4 Å². The van der Waals surface area contributed by atoms with E-state index in [1.165, 1.54) is 24.3 Å². The summed E-state index contributed by atoms with van der Waals surface area (Å²) in [7, 11) is 0. The number of nitrogens with one attached hydrogen (secondary N) is 1. The number of nitrogens with two attached hydrogens (primary N) is 1. The fourth-order valence-electron chi connectivity index (χ4n) is 2.77. The molecule has 0 aliphatic heterocycles. The molecule has 24 heavy (non-hydrogen) atoms. The maximum atomic E-state index is 14.2. The van der Waals surface area contributed by atoms with Gasteiger partial charge in [-0.2, -0.15) is 0 Å². The van der Waals surface area contributed by atoms with Gasteiger partial charge in [0, 0.05) is 11.4 Å². The van der Waals surface area contributed by atoms with Crippen molar-refractivity contribution >= 4 is 21.6 Å². The van der Waals surface area contributed by atoms with Crippen LogP contribution in [0.1, 0.15) is 5.56 Å². The molecular weight excluding hydrogens is 374 g/mol. The van der Waals surface area contributed by atoms with Crippen LogP contribution >= 0.6 is 15.9 Å². The van der Waals surface area contributed by atoms with Gasteiger partial charge in [0.1, 0.15) is 11.6 Å². The average molecular weight is 391 g/mol. The van der Waals surface area contributed by atoms with E-state index in [1.807, 2.05) is 30.3 Å². The Morgan fingerprint density at radius 3 is 2.38 bits per heavy atom. The topological polar surface area (TPSA) is 38.0 Å². The predicted octanol–water partition coefficient (Wildman–Crippen LogP) is 4.69. The van der Waals surface area contributed by atoms with Gasteiger partial charge in [-0.25, -0.2) is 8.78 Å². The van der Waals surface area contributed by atoms with Crippen molar-refractivity contribution in [2.45, 2.75) is 16.8 Å². The number of allylic oxidation sites excluding steroid dienone is 2. The van der Waals surface area contributed by atoms with Gasteiger partial charge >= 0.3 is 0 Å². The monoisotopic (exact) mass is 390 g/mol. The number of benzene rings is 2. The first kappa shape index (κ1) is 16.9. The van der Waals surface area contributed by atoms with Gasteiger partial charge in [0.2, 0.25) is 0 Å². The van der Waals surface area contributed by atoms with Gasteiger partial charge in [0.25, 0.3) is 0 Å². The van der Waals surface area contributed by atoms with Gasteiger partial charge in [-0.05, 0) is 48.4 Å². The van der Waals surface area contributed by atoms with Gasteiger partial charge in [-0.15, -0.1) is 0 Å². The average Bonchev–Trinajstić information content (AvgIpc) is 2.55. The summed E-state index contributed by atoms with van der Waals surface area (Å²) in [6, 6.07) is 15.6. The van der Waals surface area contributed by atoms with Crippen LogP contribution in [0, 0.1) is 5.82 Å². The van der Waals surface area contributed by atoms with Crippen molar-refractivity contribution in [1.82, 2.24) is 0 Å². The Morgan fingerprint density at radius 1 is 1.04 bits per heavy atom. The summed E-state index contributed by atoms with van der Waals surface area (Å²) in [5.74, 6) is -0.717. The Labute approximate surface area is 148 Å². The summed E-state index contributed by atoms with van der Waals surface area (Å²) in [6.07, 6.45) is 3.33. The lowest BCUT2D eigenvalue weighted by atomic mass is 9.84. The number of hydrogen-bond donors (Lipinski definition) is 2. The van der Waals surface area contributed by atoms with Crippen LogP contribution in [0.4, 0.5) is 14.5 Å². The van der Waals surface area contributed by atoms with Gasteiger partial charge < -0.3 is 11.1 Å². The van der Waals surface area contributed by atoms with Crippen molar-refractivity contribution in [3.63, 3.8) is 0 Å². The van der Waals surface area contributed by atoms with Gasteiger partial charge in [-0.1, -0.05) is 46.3 Å². The Morgan fingerprint density at radius 2 is 1.71 bits per heavy atom. The standard InChI is InChI=1S/C19H17BrF2N2/c20-18-17(24-16-8-6-14(21)7-9-16)10-15(22)12-19(18,23)11-13-4-2-1-3-5-13/h1-10,12,18,24H,11,23H2. The highest BCUT2D eigenvalue weighted by molar-refractivity contribution is 9.09. The summed E-state index contributed by atoms with van der Waals surface area (Å²) in [6.45, 7) is 0. The molecule has 1 aliphatic rings. The molecule has 2 unspecified atom stereocenters. The van der Waals surface area contributed by atoms with Crippen LogP contribution in [-0.4, -0.2) is 10.4 Å². The third-order valence-electron chi connectivity index (χ3n) is 3.93. The zero-order valence-corrected chi connectivity index (χ0v) is 14.4. The smallest absolute Gasteiger partial charge is 0.123 e. The molecule has 0 saturated carbocycles. The van der Waals surface area contributed by atoms with E-state index in [-0.39, 0.29) is 10.6 Å². The summed E-state index contributed by atoms with van der Waals surface area (Å²) in [5, 5.41) is 3.12. The molecule has 0 amide bonds. The van der Waals surface area contributed by atoms with Crippen molar-refractivity contribution in [2.24, 2.45) is 5.73 Å². The van der Waals surface area contributed by atoms with Crippen LogP contribution in [-0.2, 0) is 6.42 Å². The second-order valence-corrected chi connectivity index (χ2v) is 6.81. The fraction of sp³-hybridized carbons (Fsp3) is 0.158. The van der Waals surface area contributed by atoms with Crippen molar-refractivity contribution < 1.29 is 8.78 Å². The molecule has 0 bridgehead atoms. The zero-order valence-electron chi connectivity index (χ0n) is 12.8. The Hall–Kier alpha value is -1.98. The minimum Gasteiger partial charge on any atom is -0.358 e. The molecule has 1 aliphatic carbocycles. The molecule has 0 aromatic heterocycles. The van der Waals surface area contributed by atoms with E-state index < -0.39 is 11.4 Å². The molecule has 2 atom stereocenters. The molecule has 0 heterocycles. The quantitative estimate of drug-likeness (QED) is 0.742. The zero-order chi connectivity index (χ0) is 17.2. The summed E-state index contributed by atoms with van der Waals surface area (Å²) < 4.78 is 27.2. The highest BCUT2D eigenvalue weighted by atomic mass is 79.9. The molecule has 0 radical (unpaired) electrons. The van der Waals surface area contributed by atoms with E-state index in [0.29, 0.717) is 17.8 Å². The first-order chi connectivity index (χ1) is 11.5. The largest absolute Gasteiger partial charge is 0.358 e. The van der Waals surface area contributed by atoms with Crippen molar-refractivity contribution in [3.05, 3.63) is 89.7 Å². The summed E-state index contributed by atoms with van der Waals surface area (Å²) in [5.41, 5.74) is 7.87. The summed E-state index contributed by atoms with van der Waals surface area (Å²) in [4.78, 5) is -0.310. The third kappa shape index (κ3) is 3.74. The molecular formula is C19H17BrF2N2. The van der Waals surface area contributed by atoms with E-state index in [4.69, 9.17) is 5.73 Å². The molecule has 0 fully saturated rings. The number of alkyl halides is 1. The fourth-order valence-corrected chi connectivity index (χ4v) is 3.31. The predicted molar refractivity (Wildman–Crippen MR) is 97.1 cm³/mol.